The molecule has 2 heterocycles. The highest BCUT2D eigenvalue weighted by molar-refractivity contribution is 5.69. The Labute approximate surface area is 137 Å². The molecular formula is C20H24N2O. The Morgan fingerprint density at radius 3 is 2.70 bits per heavy atom. The Hall–Kier alpha value is -1.61. The fraction of sp³-hybridized carbons (Fsp3) is 0.550. The van der Waals surface area contributed by atoms with Gasteiger partial charge in [0.05, 0.1) is 30.4 Å². The van der Waals surface area contributed by atoms with E-state index in [-0.39, 0.29) is 17.6 Å². The van der Waals surface area contributed by atoms with Gasteiger partial charge in [-0.25, -0.2) is 4.98 Å². The number of rotatable bonds is 3. The summed E-state index contributed by atoms with van der Waals surface area (Å²) in [6.07, 6.45) is 12.4. The molecular weight excluding hydrogens is 284 g/mol. The van der Waals surface area contributed by atoms with Gasteiger partial charge in [0.1, 0.15) is 0 Å². The largest absolute Gasteiger partial charge is 0.392 e. The van der Waals surface area contributed by atoms with Crippen LogP contribution in [0.25, 0.3) is 11.3 Å². The first kappa shape index (κ1) is 13.8. The molecule has 0 amide bonds. The van der Waals surface area contributed by atoms with Crippen LogP contribution in [-0.4, -0.2) is 20.8 Å². The van der Waals surface area contributed by atoms with Crippen LogP contribution in [0.2, 0.25) is 0 Å². The highest BCUT2D eigenvalue weighted by Gasteiger charge is 2.59. The number of benzene rings is 1. The molecule has 2 aliphatic carbocycles. The van der Waals surface area contributed by atoms with Crippen LogP contribution in [0.3, 0.4) is 0 Å². The Morgan fingerprint density at radius 1 is 1.13 bits per heavy atom. The predicted octanol–water partition coefficient (Wildman–Crippen LogP) is 4.17. The molecule has 2 saturated carbocycles. The van der Waals surface area contributed by atoms with Gasteiger partial charge in [0.2, 0.25) is 0 Å². The van der Waals surface area contributed by atoms with Crippen molar-refractivity contribution in [1.29, 1.82) is 0 Å². The van der Waals surface area contributed by atoms with Crippen molar-refractivity contribution in [3.63, 3.8) is 0 Å². The van der Waals surface area contributed by atoms with Crippen LogP contribution in [0, 0.1) is 11.3 Å². The van der Waals surface area contributed by atoms with Gasteiger partial charge < -0.3 is 9.67 Å². The highest BCUT2D eigenvalue weighted by Crippen LogP contribution is 2.64. The van der Waals surface area contributed by atoms with Crippen molar-refractivity contribution in [1.82, 2.24) is 9.55 Å². The lowest BCUT2D eigenvalue weighted by Crippen LogP contribution is -2.37. The number of hydrogen-bond donors (Lipinski definition) is 1. The minimum Gasteiger partial charge on any atom is -0.392 e. The molecule has 1 N–H and O–H groups in total. The third kappa shape index (κ3) is 1.89. The number of aliphatic hydroxyl groups is 1. The molecule has 120 valence electrons. The van der Waals surface area contributed by atoms with E-state index < -0.39 is 0 Å². The molecule has 5 rings (SSSR count). The van der Waals surface area contributed by atoms with Crippen LogP contribution >= 0.6 is 0 Å². The standard InChI is InChI=1S/C20H24N2O/c23-19(14-6-2-1-3-7-14)20(10-11-20)18-16-9-5-4-8-15(16)17-12-21-13-22(17)18/h4-5,8-9,12-14,18-19,23H,1-3,6-7,10-11H2. The van der Waals surface area contributed by atoms with E-state index in [0.29, 0.717) is 5.92 Å². The van der Waals surface area contributed by atoms with Crippen LogP contribution in [0.5, 0.6) is 0 Å². The van der Waals surface area contributed by atoms with Gasteiger partial charge in [-0.2, -0.15) is 0 Å². The summed E-state index contributed by atoms with van der Waals surface area (Å²) in [5.74, 6) is 0.492. The summed E-state index contributed by atoms with van der Waals surface area (Å²) >= 11 is 0. The van der Waals surface area contributed by atoms with Crippen molar-refractivity contribution >= 4 is 0 Å². The van der Waals surface area contributed by atoms with Gasteiger partial charge in [0.25, 0.3) is 0 Å². The zero-order valence-corrected chi connectivity index (χ0v) is 13.5. The second-order valence-electron chi connectivity index (χ2n) is 7.75. The van der Waals surface area contributed by atoms with Crippen molar-refractivity contribution in [2.24, 2.45) is 11.3 Å². The summed E-state index contributed by atoms with van der Waals surface area (Å²) in [5.41, 5.74) is 3.94. The summed E-state index contributed by atoms with van der Waals surface area (Å²) in [6.45, 7) is 0. The second kappa shape index (κ2) is 4.94. The molecule has 2 aromatic rings. The Kier molecular flexibility index (Phi) is 2.96. The smallest absolute Gasteiger partial charge is 0.0956 e. The van der Waals surface area contributed by atoms with Crippen molar-refractivity contribution in [2.45, 2.75) is 57.1 Å². The lowest BCUT2D eigenvalue weighted by atomic mass is 9.74. The van der Waals surface area contributed by atoms with Gasteiger partial charge >= 0.3 is 0 Å². The van der Waals surface area contributed by atoms with Gasteiger partial charge in [-0.05, 0) is 37.2 Å². The molecule has 2 fully saturated rings. The number of fused-ring (bicyclic) bond motifs is 3. The molecule has 23 heavy (non-hydrogen) atoms. The van der Waals surface area contributed by atoms with E-state index in [1.54, 1.807) is 0 Å². The van der Waals surface area contributed by atoms with E-state index in [2.05, 4.69) is 33.8 Å². The molecule has 1 aromatic carbocycles. The molecule has 1 aromatic heterocycles. The lowest BCUT2D eigenvalue weighted by molar-refractivity contribution is 0.00481. The van der Waals surface area contributed by atoms with E-state index in [0.717, 1.165) is 12.8 Å². The molecule has 3 aliphatic rings. The SMILES string of the molecule is OC(C1CCCCC1)C1(C2c3ccccc3-c3cncn32)CC1. The third-order valence-corrected chi connectivity index (χ3v) is 6.53. The second-order valence-corrected chi connectivity index (χ2v) is 7.75. The van der Waals surface area contributed by atoms with E-state index in [4.69, 9.17) is 0 Å². The maximum absolute atomic E-state index is 11.3. The summed E-state index contributed by atoms with van der Waals surface area (Å²) in [5, 5.41) is 11.3. The van der Waals surface area contributed by atoms with Crippen LogP contribution in [-0.2, 0) is 0 Å². The van der Waals surface area contributed by atoms with Crippen molar-refractivity contribution in [2.75, 3.05) is 0 Å². The molecule has 0 saturated heterocycles. The Balaban J connectivity index is 1.56. The molecule has 0 spiro atoms. The van der Waals surface area contributed by atoms with Gasteiger partial charge in [0, 0.05) is 11.0 Å². The molecule has 2 unspecified atom stereocenters. The maximum atomic E-state index is 11.3. The Bertz CT molecular complexity index is 725. The average molecular weight is 308 g/mol. The first-order valence-electron chi connectivity index (χ1n) is 9.10. The lowest BCUT2D eigenvalue weighted by Gasteiger charge is -2.36. The predicted molar refractivity (Wildman–Crippen MR) is 90.1 cm³/mol. The third-order valence-electron chi connectivity index (χ3n) is 6.53. The normalized spacial score (nSPS) is 26.6. The van der Waals surface area contributed by atoms with E-state index in [1.807, 2.05) is 12.5 Å². The molecule has 3 heteroatoms. The number of hydrogen-bond acceptors (Lipinski definition) is 2. The van der Waals surface area contributed by atoms with Gasteiger partial charge in [-0.15, -0.1) is 0 Å². The average Bonchev–Trinajstić information content (AvgIpc) is 3.14. The summed E-state index contributed by atoms with van der Waals surface area (Å²) in [6, 6.07) is 8.96. The van der Waals surface area contributed by atoms with Crippen LogP contribution in [0.15, 0.2) is 36.8 Å². The number of imidazole rings is 1. The quantitative estimate of drug-likeness (QED) is 0.924. The van der Waals surface area contributed by atoms with Gasteiger partial charge in [0.15, 0.2) is 0 Å². The topological polar surface area (TPSA) is 38.1 Å². The zero-order valence-electron chi connectivity index (χ0n) is 13.5. The van der Waals surface area contributed by atoms with Crippen LogP contribution < -0.4 is 0 Å². The number of aliphatic hydroxyl groups excluding tert-OH is 1. The molecule has 2 atom stereocenters. The molecule has 0 bridgehead atoms. The minimum atomic E-state index is -0.172. The van der Waals surface area contributed by atoms with Gasteiger partial charge in [-0.1, -0.05) is 43.5 Å². The fourth-order valence-electron chi connectivity index (χ4n) is 5.22. The van der Waals surface area contributed by atoms with E-state index in [1.165, 1.54) is 48.9 Å². The monoisotopic (exact) mass is 308 g/mol. The zero-order chi connectivity index (χ0) is 15.4. The summed E-state index contributed by atoms with van der Waals surface area (Å²) < 4.78 is 2.32. The van der Waals surface area contributed by atoms with Crippen LogP contribution in [0.1, 0.15) is 56.6 Å². The molecule has 3 nitrogen and oxygen atoms in total. The molecule has 0 radical (unpaired) electrons. The number of aromatic nitrogens is 2. The Morgan fingerprint density at radius 2 is 1.91 bits per heavy atom. The maximum Gasteiger partial charge on any atom is 0.0956 e. The minimum absolute atomic E-state index is 0.0318. The van der Waals surface area contributed by atoms with Crippen molar-refractivity contribution in [3.8, 4) is 11.3 Å². The fourth-order valence-corrected chi connectivity index (χ4v) is 5.22. The van der Waals surface area contributed by atoms with Crippen molar-refractivity contribution < 1.29 is 5.11 Å². The summed E-state index contributed by atoms with van der Waals surface area (Å²) in [4.78, 5) is 4.39. The van der Waals surface area contributed by atoms with Crippen molar-refractivity contribution in [3.05, 3.63) is 42.4 Å². The van der Waals surface area contributed by atoms with Crippen LogP contribution in [0.4, 0.5) is 0 Å². The number of nitrogens with zero attached hydrogens (tertiary/aromatic N) is 2. The van der Waals surface area contributed by atoms with Gasteiger partial charge in [-0.3, -0.25) is 0 Å². The van der Waals surface area contributed by atoms with E-state index >= 15 is 0 Å². The van der Waals surface area contributed by atoms with E-state index in [9.17, 15) is 5.11 Å². The summed E-state index contributed by atoms with van der Waals surface area (Å²) in [7, 11) is 0. The molecule has 1 aliphatic heterocycles. The highest BCUT2D eigenvalue weighted by atomic mass is 16.3. The first-order valence-corrected chi connectivity index (χ1v) is 9.10. The first-order chi connectivity index (χ1) is 11.3.